The van der Waals surface area contributed by atoms with Crippen molar-refractivity contribution in [2.45, 2.75) is 0 Å². The number of fused-ring (bicyclic) bond motifs is 11. The minimum atomic E-state index is -0.141. The molecular formula is C80H49BN4. The standard InChI is InChI=1S/C80H49BN4/c1-7-21-50(22-8-1)56-35-37-72-65(42-56)67-44-60(54-29-15-5-16-30-54)46-69-78(67)84(72)74-48-63(80-82-71-34-20-19-33-64(71)77(83-80)62-40-58(52-25-11-3-12-26-52)39-59(41-62)53-27-13-4-14-28-53)49-75-76(74)81(69)70-47-61(55-31-17-6-18-32-55)45-68-66-43-57(51-23-9-2-10-24-51)36-38-73(66)85(75)79(68)70/h1-49H. The Labute approximate surface area is 491 Å². The predicted octanol–water partition coefficient (Wildman–Crippen LogP) is 18.3. The SMILES string of the molecule is c1ccc(-c2cc(-c3ccccc3)cc(-c3nc(-c4cc5c6c(c4)-n4c7ccc(-c8ccccc8)cc7c7cc(-c8ccccc8)cc(c74)B6c4cc(-c6ccccc6)cc6c7cc(-c8ccccc8)ccc7n-5c46)nc4ccccc34)c2)cc1. The zero-order valence-corrected chi connectivity index (χ0v) is 46.2. The Morgan fingerprint density at radius 1 is 0.247 bits per heavy atom. The highest BCUT2D eigenvalue weighted by Crippen LogP contribution is 2.45. The summed E-state index contributed by atoms with van der Waals surface area (Å²) in [6.45, 7) is -0.141. The highest BCUT2D eigenvalue weighted by Gasteiger charge is 2.42. The van der Waals surface area contributed by atoms with Crippen LogP contribution >= 0.6 is 0 Å². The third kappa shape index (κ3) is 7.43. The van der Waals surface area contributed by atoms with E-state index in [2.05, 4.69) is 306 Å². The molecule has 0 fully saturated rings. The van der Waals surface area contributed by atoms with E-state index in [1.807, 2.05) is 0 Å². The second-order valence-corrected chi connectivity index (χ2v) is 22.8. The smallest absolute Gasteiger partial charge is 0.252 e. The first-order chi connectivity index (χ1) is 42.1. The summed E-state index contributed by atoms with van der Waals surface area (Å²) in [4.78, 5) is 11.4. The molecule has 5 heterocycles. The van der Waals surface area contributed by atoms with Crippen LogP contribution in [0.1, 0.15) is 0 Å². The van der Waals surface area contributed by atoms with Gasteiger partial charge in [0.25, 0.3) is 6.71 Å². The van der Waals surface area contributed by atoms with Crippen LogP contribution in [0.25, 0.3) is 155 Å². The molecule has 0 saturated carbocycles. The molecule has 2 aliphatic heterocycles. The van der Waals surface area contributed by atoms with Crippen molar-refractivity contribution in [1.82, 2.24) is 19.1 Å². The second kappa shape index (κ2) is 18.7. The molecule has 0 spiro atoms. The zero-order chi connectivity index (χ0) is 55.7. The molecule has 0 radical (unpaired) electrons. The molecule has 0 atom stereocenters. The highest BCUT2D eigenvalue weighted by molar-refractivity contribution is 7.00. The Hall–Kier alpha value is -11.1. The van der Waals surface area contributed by atoms with Crippen LogP contribution in [0.3, 0.4) is 0 Å². The molecule has 0 unspecified atom stereocenters. The molecule has 16 aromatic rings. The van der Waals surface area contributed by atoms with Gasteiger partial charge in [-0.1, -0.05) is 224 Å². The van der Waals surface area contributed by atoms with Gasteiger partial charge >= 0.3 is 0 Å². The largest absolute Gasteiger partial charge is 0.310 e. The Morgan fingerprint density at radius 2 is 0.612 bits per heavy atom. The third-order valence-electron chi connectivity index (χ3n) is 18.0. The summed E-state index contributed by atoms with van der Waals surface area (Å²) in [5, 5.41) is 5.89. The van der Waals surface area contributed by atoms with Crippen molar-refractivity contribution in [3.63, 3.8) is 0 Å². The first-order valence-electron chi connectivity index (χ1n) is 29.3. The molecule has 0 bridgehead atoms. The van der Waals surface area contributed by atoms with Crippen molar-refractivity contribution in [2.24, 2.45) is 0 Å². The Morgan fingerprint density at radius 3 is 1.05 bits per heavy atom. The van der Waals surface area contributed by atoms with Crippen molar-refractivity contribution in [1.29, 1.82) is 0 Å². The van der Waals surface area contributed by atoms with Gasteiger partial charge in [-0.15, -0.1) is 0 Å². The third-order valence-corrected chi connectivity index (χ3v) is 18.0. The second-order valence-electron chi connectivity index (χ2n) is 22.8. The van der Waals surface area contributed by atoms with Gasteiger partial charge in [0.15, 0.2) is 5.82 Å². The average molecular weight is 1080 g/mol. The molecular weight excluding hydrogens is 1030 g/mol. The molecule has 2 aliphatic rings. The van der Waals surface area contributed by atoms with Gasteiger partial charge in [-0.25, -0.2) is 9.97 Å². The van der Waals surface area contributed by atoms with Crippen molar-refractivity contribution < 1.29 is 0 Å². The number of para-hydroxylation sites is 1. The van der Waals surface area contributed by atoms with Crippen LogP contribution in [0.2, 0.25) is 0 Å². The van der Waals surface area contributed by atoms with Crippen LogP contribution in [0.15, 0.2) is 297 Å². The van der Waals surface area contributed by atoms with Crippen LogP contribution in [-0.4, -0.2) is 25.8 Å². The summed E-state index contributed by atoms with van der Waals surface area (Å²) >= 11 is 0. The molecule has 3 aromatic heterocycles. The molecule has 0 saturated heterocycles. The van der Waals surface area contributed by atoms with E-state index in [0.29, 0.717) is 5.82 Å². The van der Waals surface area contributed by atoms with Crippen molar-refractivity contribution in [3.8, 4) is 101 Å². The van der Waals surface area contributed by atoms with E-state index in [9.17, 15) is 0 Å². The zero-order valence-electron chi connectivity index (χ0n) is 46.2. The predicted molar refractivity (Wildman–Crippen MR) is 356 cm³/mol. The lowest BCUT2D eigenvalue weighted by atomic mass is 9.34. The van der Waals surface area contributed by atoms with Crippen LogP contribution in [0.4, 0.5) is 0 Å². The van der Waals surface area contributed by atoms with Gasteiger partial charge in [-0.3, -0.25) is 0 Å². The van der Waals surface area contributed by atoms with E-state index in [1.54, 1.807) is 0 Å². The Bertz CT molecular complexity index is 5100. The fourth-order valence-electron chi connectivity index (χ4n) is 14.2. The number of benzene rings is 13. The van der Waals surface area contributed by atoms with E-state index in [4.69, 9.17) is 9.97 Å². The van der Waals surface area contributed by atoms with Gasteiger partial charge in [-0.05, 0) is 156 Å². The fourth-order valence-corrected chi connectivity index (χ4v) is 14.2. The molecule has 13 aromatic carbocycles. The maximum absolute atomic E-state index is 5.81. The van der Waals surface area contributed by atoms with Gasteiger partial charge in [0, 0.05) is 60.5 Å². The van der Waals surface area contributed by atoms with Gasteiger partial charge in [0.1, 0.15) is 0 Å². The summed E-state index contributed by atoms with van der Waals surface area (Å²) in [6, 6.07) is 109. The van der Waals surface area contributed by atoms with Crippen molar-refractivity contribution >= 4 is 77.6 Å². The Kier molecular flexibility index (Phi) is 10.4. The first kappa shape index (κ1) is 47.5. The quantitative estimate of drug-likeness (QED) is 0.142. The summed E-state index contributed by atoms with van der Waals surface area (Å²) in [5.41, 5.74) is 28.7. The summed E-state index contributed by atoms with van der Waals surface area (Å²) < 4.78 is 5.17. The minimum absolute atomic E-state index is 0.141. The summed E-state index contributed by atoms with van der Waals surface area (Å²) in [7, 11) is 0. The maximum Gasteiger partial charge on any atom is 0.252 e. The van der Waals surface area contributed by atoms with Crippen molar-refractivity contribution in [2.75, 3.05) is 0 Å². The van der Waals surface area contributed by atoms with E-state index < -0.39 is 0 Å². The van der Waals surface area contributed by atoms with E-state index in [1.165, 1.54) is 93.5 Å². The molecule has 85 heavy (non-hydrogen) atoms. The van der Waals surface area contributed by atoms with Crippen LogP contribution < -0.4 is 16.4 Å². The van der Waals surface area contributed by atoms with E-state index in [0.717, 1.165) is 72.4 Å². The highest BCUT2D eigenvalue weighted by atomic mass is 15.0. The van der Waals surface area contributed by atoms with E-state index in [-0.39, 0.29) is 6.71 Å². The topological polar surface area (TPSA) is 35.6 Å². The normalized spacial score (nSPS) is 12.2. The number of nitrogens with zero attached hydrogens (tertiary/aromatic N) is 4. The van der Waals surface area contributed by atoms with Gasteiger partial charge in [0.05, 0.1) is 22.2 Å². The molecule has 0 aliphatic carbocycles. The molecule has 4 nitrogen and oxygen atoms in total. The summed E-state index contributed by atoms with van der Waals surface area (Å²) in [5.74, 6) is 0.671. The lowest BCUT2D eigenvalue weighted by molar-refractivity contribution is 1.13. The minimum Gasteiger partial charge on any atom is -0.310 e. The monoisotopic (exact) mass is 1080 g/mol. The van der Waals surface area contributed by atoms with Crippen molar-refractivity contribution in [3.05, 3.63) is 297 Å². The molecule has 0 amide bonds. The lowest BCUT2D eigenvalue weighted by Gasteiger charge is -2.34. The maximum atomic E-state index is 5.81. The number of hydrogen-bond donors (Lipinski definition) is 0. The van der Waals surface area contributed by atoms with Crippen LogP contribution in [0.5, 0.6) is 0 Å². The van der Waals surface area contributed by atoms with Crippen LogP contribution in [-0.2, 0) is 0 Å². The number of aromatic nitrogens is 4. The molecule has 392 valence electrons. The first-order valence-corrected chi connectivity index (χ1v) is 29.3. The van der Waals surface area contributed by atoms with Crippen LogP contribution in [0, 0.1) is 0 Å². The van der Waals surface area contributed by atoms with Gasteiger partial charge < -0.3 is 9.13 Å². The lowest BCUT2D eigenvalue weighted by Crippen LogP contribution is -2.59. The summed E-state index contributed by atoms with van der Waals surface area (Å²) in [6.07, 6.45) is 0. The van der Waals surface area contributed by atoms with Gasteiger partial charge in [-0.2, -0.15) is 0 Å². The molecule has 0 N–H and O–H groups in total. The van der Waals surface area contributed by atoms with E-state index >= 15 is 0 Å². The fraction of sp³-hybridized carbons (Fsp3) is 0. The Balaban J connectivity index is 0.976. The number of rotatable bonds is 8. The number of hydrogen-bond acceptors (Lipinski definition) is 2. The molecule has 5 heteroatoms. The molecule has 18 rings (SSSR count). The average Bonchev–Trinajstić information content (AvgIpc) is 1.63. The van der Waals surface area contributed by atoms with Gasteiger partial charge in [0.2, 0.25) is 0 Å².